The van der Waals surface area contributed by atoms with Crippen molar-refractivity contribution in [2.75, 3.05) is 0 Å². The largest absolute Gasteiger partial charge is 0.349 e. The Bertz CT molecular complexity index is 523. The second kappa shape index (κ2) is 3.61. The lowest BCUT2D eigenvalue weighted by molar-refractivity contribution is -0.118. The molecule has 0 fully saturated rings. The fourth-order valence-corrected chi connectivity index (χ4v) is 3.17. The summed E-state index contributed by atoms with van der Waals surface area (Å²) in [6.07, 6.45) is 5.62. The lowest BCUT2D eigenvalue weighted by Gasteiger charge is -2.43. The van der Waals surface area contributed by atoms with Crippen molar-refractivity contribution in [3.05, 3.63) is 46.5 Å². The quantitative estimate of drug-likeness (QED) is 0.750. The standard InChI is InChI=1S/C14H14ClNO/c1-14-7-6-13(17)16-12(14)5-2-9-8-10(15)3-4-11(9)14/h3-4,6-8,12H,2,5H2,1H3,(H,16,17). The van der Waals surface area contributed by atoms with Gasteiger partial charge in [-0.05, 0) is 49.1 Å². The van der Waals surface area contributed by atoms with E-state index in [0.29, 0.717) is 0 Å². The highest BCUT2D eigenvalue weighted by atomic mass is 35.5. The monoisotopic (exact) mass is 247 g/mol. The third-order valence-corrected chi connectivity index (χ3v) is 4.21. The molecule has 1 aliphatic heterocycles. The first-order valence-corrected chi connectivity index (χ1v) is 6.26. The molecule has 88 valence electrons. The summed E-state index contributed by atoms with van der Waals surface area (Å²) >= 11 is 6.03. The Morgan fingerprint density at radius 1 is 1.47 bits per heavy atom. The zero-order valence-corrected chi connectivity index (χ0v) is 10.4. The second-order valence-corrected chi connectivity index (χ2v) is 5.45. The zero-order valence-electron chi connectivity index (χ0n) is 9.66. The molecule has 3 rings (SSSR count). The summed E-state index contributed by atoms with van der Waals surface area (Å²) in [5.41, 5.74) is 2.50. The third kappa shape index (κ3) is 1.59. The second-order valence-electron chi connectivity index (χ2n) is 5.02. The number of aryl methyl sites for hydroxylation is 1. The number of fused-ring (bicyclic) bond motifs is 3. The summed E-state index contributed by atoms with van der Waals surface area (Å²) in [4.78, 5) is 11.4. The van der Waals surface area contributed by atoms with Crippen LogP contribution < -0.4 is 5.32 Å². The predicted octanol–water partition coefficient (Wildman–Crippen LogP) is 2.60. The number of hydrogen-bond donors (Lipinski definition) is 1. The first-order chi connectivity index (χ1) is 8.09. The van der Waals surface area contributed by atoms with Gasteiger partial charge in [0.25, 0.3) is 0 Å². The average Bonchev–Trinajstić information content (AvgIpc) is 2.30. The fraction of sp³-hybridized carbons (Fsp3) is 0.357. The van der Waals surface area contributed by atoms with Gasteiger partial charge in [0.1, 0.15) is 0 Å². The van der Waals surface area contributed by atoms with Crippen molar-refractivity contribution in [2.45, 2.75) is 31.2 Å². The highest BCUT2D eigenvalue weighted by molar-refractivity contribution is 6.30. The molecule has 2 aliphatic rings. The molecular formula is C14H14ClNO. The summed E-state index contributed by atoms with van der Waals surface area (Å²) < 4.78 is 0. The van der Waals surface area contributed by atoms with Gasteiger partial charge in [0.05, 0.1) is 0 Å². The van der Waals surface area contributed by atoms with Crippen molar-refractivity contribution < 1.29 is 4.79 Å². The van der Waals surface area contributed by atoms with Crippen LogP contribution in [0, 0.1) is 0 Å². The van der Waals surface area contributed by atoms with E-state index in [2.05, 4.69) is 18.3 Å². The first kappa shape index (κ1) is 10.8. The van der Waals surface area contributed by atoms with E-state index in [9.17, 15) is 4.79 Å². The first-order valence-electron chi connectivity index (χ1n) is 5.88. The van der Waals surface area contributed by atoms with Gasteiger partial charge in [-0.1, -0.05) is 23.7 Å². The minimum Gasteiger partial charge on any atom is -0.349 e. The maximum absolute atomic E-state index is 11.4. The van der Waals surface area contributed by atoms with Crippen LogP contribution in [0.2, 0.25) is 5.02 Å². The van der Waals surface area contributed by atoms with Gasteiger partial charge in [-0.15, -0.1) is 0 Å². The molecule has 1 aliphatic carbocycles. The number of benzene rings is 1. The Labute approximate surface area is 106 Å². The third-order valence-electron chi connectivity index (χ3n) is 3.97. The Kier molecular flexibility index (Phi) is 2.30. The van der Waals surface area contributed by atoms with Crippen LogP contribution in [0.1, 0.15) is 24.5 Å². The van der Waals surface area contributed by atoms with Crippen molar-refractivity contribution >= 4 is 17.5 Å². The van der Waals surface area contributed by atoms with Crippen LogP contribution in [-0.2, 0) is 16.6 Å². The van der Waals surface area contributed by atoms with Crippen molar-refractivity contribution in [1.29, 1.82) is 0 Å². The van der Waals surface area contributed by atoms with Crippen LogP contribution in [0.25, 0.3) is 0 Å². The molecule has 0 spiro atoms. The molecular weight excluding hydrogens is 234 g/mol. The summed E-state index contributed by atoms with van der Waals surface area (Å²) in [6.45, 7) is 2.18. The Morgan fingerprint density at radius 3 is 3.12 bits per heavy atom. The molecule has 1 aromatic carbocycles. The van der Waals surface area contributed by atoms with Crippen molar-refractivity contribution in [1.82, 2.24) is 5.32 Å². The Balaban J connectivity index is 2.15. The van der Waals surface area contributed by atoms with E-state index in [1.165, 1.54) is 11.1 Å². The maximum Gasteiger partial charge on any atom is 0.243 e. The lowest BCUT2D eigenvalue weighted by atomic mass is 9.66. The van der Waals surface area contributed by atoms with Crippen LogP contribution in [0.4, 0.5) is 0 Å². The molecule has 0 aromatic heterocycles. The summed E-state index contributed by atoms with van der Waals surface area (Å²) in [7, 11) is 0. The van der Waals surface area contributed by atoms with Crippen LogP contribution in [-0.4, -0.2) is 11.9 Å². The number of carbonyl (C=O) groups excluding carboxylic acids is 1. The zero-order chi connectivity index (χ0) is 12.0. The number of halogens is 1. The Morgan fingerprint density at radius 2 is 2.29 bits per heavy atom. The highest BCUT2D eigenvalue weighted by Gasteiger charge is 2.41. The van der Waals surface area contributed by atoms with E-state index >= 15 is 0 Å². The van der Waals surface area contributed by atoms with E-state index in [4.69, 9.17) is 11.6 Å². The topological polar surface area (TPSA) is 29.1 Å². The maximum atomic E-state index is 11.4. The predicted molar refractivity (Wildman–Crippen MR) is 68.2 cm³/mol. The lowest BCUT2D eigenvalue weighted by Crippen LogP contribution is -2.53. The fourth-order valence-electron chi connectivity index (χ4n) is 2.98. The summed E-state index contributed by atoms with van der Waals surface area (Å²) in [5, 5.41) is 3.84. The molecule has 2 atom stereocenters. The van der Waals surface area contributed by atoms with Gasteiger partial charge in [0.15, 0.2) is 0 Å². The molecule has 2 nitrogen and oxygen atoms in total. The molecule has 3 heteroatoms. The van der Waals surface area contributed by atoms with E-state index in [0.717, 1.165) is 17.9 Å². The van der Waals surface area contributed by atoms with Gasteiger partial charge >= 0.3 is 0 Å². The number of rotatable bonds is 0. The number of amides is 1. The Hall–Kier alpha value is -1.28. The average molecular weight is 248 g/mol. The summed E-state index contributed by atoms with van der Waals surface area (Å²) in [6, 6.07) is 6.26. The van der Waals surface area contributed by atoms with E-state index in [1.54, 1.807) is 6.08 Å². The SMILES string of the molecule is CC12C=CC(=O)NC1CCc1cc(Cl)ccc12. The number of nitrogens with one attached hydrogen (secondary N) is 1. The van der Waals surface area contributed by atoms with Crippen molar-refractivity contribution in [3.8, 4) is 0 Å². The van der Waals surface area contributed by atoms with Crippen molar-refractivity contribution in [3.63, 3.8) is 0 Å². The minimum atomic E-state index is -0.0912. The van der Waals surface area contributed by atoms with Gasteiger partial charge in [0.2, 0.25) is 5.91 Å². The van der Waals surface area contributed by atoms with Gasteiger partial charge in [-0.3, -0.25) is 4.79 Å². The van der Waals surface area contributed by atoms with E-state index in [1.807, 2.05) is 18.2 Å². The molecule has 0 saturated carbocycles. The molecule has 1 heterocycles. The van der Waals surface area contributed by atoms with E-state index in [-0.39, 0.29) is 17.4 Å². The van der Waals surface area contributed by atoms with Crippen LogP contribution in [0.3, 0.4) is 0 Å². The molecule has 2 unspecified atom stereocenters. The van der Waals surface area contributed by atoms with Gasteiger partial charge in [-0.2, -0.15) is 0 Å². The highest BCUT2D eigenvalue weighted by Crippen LogP contribution is 2.40. The molecule has 0 bridgehead atoms. The van der Waals surface area contributed by atoms with Crippen LogP contribution in [0.15, 0.2) is 30.4 Å². The van der Waals surface area contributed by atoms with Gasteiger partial charge < -0.3 is 5.32 Å². The number of carbonyl (C=O) groups is 1. The number of hydrogen-bond acceptors (Lipinski definition) is 1. The van der Waals surface area contributed by atoms with E-state index < -0.39 is 0 Å². The van der Waals surface area contributed by atoms with Gasteiger partial charge in [0, 0.05) is 16.5 Å². The molecule has 1 N–H and O–H groups in total. The van der Waals surface area contributed by atoms with Crippen molar-refractivity contribution in [2.24, 2.45) is 0 Å². The minimum absolute atomic E-state index is 0.0184. The van der Waals surface area contributed by atoms with Gasteiger partial charge in [-0.25, -0.2) is 0 Å². The molecule has 0 radical (unpaired) electrons. The smallest absolute Gasteiger partial charge is 0.243 e. The molecule has 1 aromatic rings. The molecule has 17 heavy (non-hydrogen) atoms. The normalized spacial score (nSPS) is 30.5. The van der Waals surface area contributed by atoms with Crippen LogP contribution >= 0.6 is 11.6 Å². The summed E-state index contributed by atoms with van der Waals surface area (Å²) in [5.74, 6) is 0.0184. The molecule has 1 amide bonds. The molecule has 0 saturated heterocycles. The van der Waals surface area contributed by atoms with Crippen LogP contribution in [0.5, 0.6) is 0 Å².